The summed E-state index contributed by atoms with van der Waals surface area (Å²) in [6.07, 6.45) is 0.838. The lowest BCUT2D eigenvalue weighted by atomic mass is 9.98. The van der Waals surface area contributed by atoms with Gasteiger partial charge in [0.25, 0.3) is 0 Å². The van der Waals surface area contributed by atoms with Crippen molar-refractivity contribution in [2.45, 2.75) is 19.4 Å². The van der Waals surface area contributed by atoms with E-state index in [0.29, 0.717) is 17.7 Å². The largest absolute Gasteiger partial charge is 0.306 e. The van der Waals surface area contributed by atoms with Crippen molar-refractivity contribution in [2.75, 3.05) is 6.54 Å². The summed E-state index contributed by atoms with van der Waals surface area (Å²) in [7, 11) is 0. The maximum atomic E-state index is 13.6. The molecule has 0 saturated carbocycles. The molecule has 1 unspecified atom stereocenters. The van der Waals surface area contributed by atoms with E-state index in [2.05, 4.69) is 5.32 Å². The van der Waals surface area contributed by atoms with E-state index >= 15 is 0 Å². The van der Waals surface area contributed by atoms with Crippen molar-refractivity contribution in [1.29, 1.82) is 0 Å². The predicted octanol–water partition coefficient (Wildman–Crippen LogP) is 4.85. The van der Waals surface area contributed by atoms with Gasteiger partial charge in [-0.05, 0) is 48.4 Å². The van der Waals surface area contributed by atoms with Crippen molar-refractivity contribution >= 4 is 11.6 Å². The van der Waals surface area contributed by atoms with Crippen LogP contribution >= 0.6 is 11.6 Å². The fraction of sp³-hybridized carbons (Fsp3) is 0.250. The summed E-state index contributed by atoms with van der Waals surface area (Å²) in [6, 6.07) is 7.14. The molecule has 5 heteroatoms. The minimum Gasteiger partial charge on any atom is -0.306 e. The van der Waals surface area contributed by atoms with Crippen molar-refractivity contribution in [3.8, 4) is 0 Å². The second-order valence-corrected chi connectivity index (χ2v) is 5.17. The first-order valence-electron chi connectivity index (χ1n) is 6.65. The van der Waals surface area contributed by atoms with Crippen LogP contribution in [0.25, 0.3) is 0 Å². The molecule has 2 aromatic carbocycles. The molecule has 21 heavy (non-hydrogen) atoms. The number of benzene rings is 2. The first-order chi connectivity index (χ1) is 10.0. The van der Waals surface area contributed by atoms with Crippen molar-refractivity contribution in [3.63, 3.8) is 0 Å². The van der Waals surface area contributed by atoms with Gasteiger partial charge in [0.2, 0.25) is 0 Å². The van der Waals surface area contributed by atoms with E-state index in [1.807, 2.05) is 6.92 Å². The summed E-state index contributed by atoms with van der Waals surface area (Å²) in [5.74, 6) is -1.89. The molecule has 2 rings (SSSR count). The molecule has 0 spiro atoms. The smallest absolute Gasteiger partial charge is 0.142 e. The maximum absolute atomic E-state index is 13.6. The Morgan fingerprint density at radius 1 is 1.00 bits per heavy atom. The van der Waals surface area contributed by atoms with Crippen LogP contribution in [0.3, 0.4) is 0 Å². The van der Waals surface area contributed by atoms with Crippen LogP contribution in [-0.4, -0.2) is 6.54 Å². The van der Waals surface area contributed by atoms with E-state index in [1.165, 1.54) is 24.3 Å². The topological polar surface area (TPSA) is 12.0 Å². The molecular weight excluding hydrogens is 299 g/mol. The molecule has 0 radical (unpaired) electrons. The van der Waals surface area contributed by atoms with Crippen LogP contribution in [0.4, 0.5) is 13.2 Å². The number of rotatable bonds is 5. The quantitative estimate of drug-likeness (QED) is 0.832. The molecule has 1 nitrogen and oxygen atoms in total. The Kier molecular flexibility index (Phi) is 5.26. The van der Waals surface area contributed by atoms with Crippen LogP contribution in [-0.2, 0) is 0 Å². The van der Waals surface area contributed by atoms with Gasteiger partial charge in [0, 0.05) is 6.07 Å². The fourth-order valence-electron chi connectivity index (χ4n) is 2.15. The highest BCUT2D eigenvalue weighted by molar-refractivity contribution is 6.30. The SMILES string of the molecule is CCCNC(c1cc(F)cc(F)c1)c1ccc(Cl)c(F)c1. The van der Waals surface area contributed by atoms with E-state index in [4.69, 9.17) is 11.6 Å². The van der Waals surface area contributed by atoms with Crippen LogP contribution in [0.5, 0.6) is 0 Å². The molecule has 1 N–H and O–H groups in total. The standard InChI is InChI=1S/C16H15ClF3N/c1-2-5-21-16(10-3-4-14(17)15(20)8-10)11-6-12(18)9-13(19)7-11/h3-4,6-9,16,21H,2,5H2,1H3. The van der Waals surface area contributed by atoms with Crippen LogP contribution in [0.15, 0.2) is 36.4 Å². The normalized spacial score (nSPS) is 12.4. The summed E-state index contributed by atoms with van der Waals surface area (Å²) < 4.78 is 40.4. The number of halogens is 4. The molecule has 112 valence electrons. The molecule has 0 fully saturated rings. The molecule has 1 atom stereocenters. The van der Waals surface area contributed by atoms with Crippen LogP contribution < -0.4 is 5.32 Å². The minimum atomic E-state index is -0.664. The lowest BCUT2D eigenvalue weighted by molar-refractivity contribution is 0.555. The van der Waals surface area contributed by atoms with Gasteiger partial charge in [-0.2, -0.15) is 0 Å². The predicted molar refractivity (Wildman–Crippen MR) is 77.9 cm³/mol. The van der Waals surface area contributed by atoms with Gasteiger partial charge in [0.05, 0.1) is 11.1 Å². The average molecular weight is 314 g/mol. The van der Waals surface area contributed by atoms with Gasteiger partial charge >= 0.3 is 0 Å². The van der Waals surface area contributed by atoms with E-state index in [0.717, 1.165) is 12.5 Å². The Labute approximate surface area is 126 Å². The van der Waals surface area contributed by atoms with Crippen molar-refractivity contribution < 1.29 is 13.2 Å². The fourth-order valence-corrected chi connectivity index (χ4v) is 2.27. The summed E-state index contributed by atoms with van der Waals surface area (Å²) >= 11 is 5.67. The van der Waals surface area contributed by atoms with E-state index < -0.39 is 23.5 Å². The summed E-state index contributed by atoms with van der Waals surface area (Å²) in [5, 5.41) is 3.17. The second-order valence-electron chi connectivity index (χ2n) is 4.76. The molecule has 0 bridgehead atoms. The maximum Gasteiger partial charge on any atom is 0.142 e. The van der Waals surface area contributed by atoms with Crippen LogP contribution in [0, 0.1) is 17.5 Å². The molecular formula is C16H15ClF3N. The Morgan fingerprint density at radius 2 is 1.67 bits per heavy atom. The molecule has 0 aliphatic carbocycles. The van der Waals surface area contributed by atoms with Gasteiger partial charge in [-0.25, -0.2) is 13.2 Å². The molecule has 0 saturated heterocycles. The summed E-state index contributed by atoms with van der Waals surface area (Å²) in [4.78, 5) is 0. The van der Waals surface area contributed by atoms with Gasteiger partial charge in [-0.15, -0.1) is 0 Å². The Hall–Kier alpha value is -1.52. The summed E-state index contributed by atoms with van der Waals surface area (Å²) in [6.45, 7) is 2.60. The number of hydrogen-bond acceptors (Lipinski definition) is 1. The highest BCUT2D eigenvalue weighted by atomic mass is 35.5. The highest BCUT2D eigenvalue weighted by Crippen LogP contribution is 2.26. The highest BCUT2D eigenvalue weighted by Gasteiger charge is 2.16. The molecule has 0 heterocycles. The van der Waals surface area contributed by atoms with E-state index in [9.17, 15) is 13.2 Å². The first-order valence-corrected chi connectivity index (χ1v) is 7.03. The molecule has 0 aromatic heterocycles. The Morgan fingerprint density at radius 3 is 2.24 bits per heavy atom. The van der Waals surface area contributed by atoms with Gasteiger partial charge < -0.3 is 5.32 Å². The average Bonchev–Trinajstić information content (AvgIpc) is 2.42. The second kappa shape index (κ2) is 6.96. The van der Waals surface area contributed by atoms with Crippen molar-refractivity contribution in [3.05, 3.63) is 70.0 Å². The zero-order valence-electron chi connectivity index (χ0n) is 11.5. The lowest BCUT2D eigenvalue weighted by Gasteiger charge is -2.20. The van der Waals surface area contributed by atoms with Gasteiger partial charge in [0.15, 0.2) is 0 Å². The van der Waals surface area contributed by atoms with E-state index in [1.54, 1.807) is 6.07 Å². The first kappa shape index (κ1) is 15.9. The monoisotopic (exact) mass is 313 g/mol. The third-order valence-corrected chi connectivity index (χ3v) is 3.40. The molecule has 0 aliphatic rings. The molecule has 0 amide bonds. The van der Waals surface area contributed by atoms with Gasteiger partial charge in [0.1, 0.15) is 17.5 Å². The zero-order valence-corrected chi connectivity index (χ0v) is 12.2. The number of hydrogen-bond donors (Lipinski definition) is 1. The third kappa shape index (κ3) is 3.99. The zero-order chi connectivity index (χ0) is 15.4. The van der Waals surface area contributed by atoms with Crippen LogP contribution in [0.1, 0.15) is 30.5 Å². The van der Waals surface area contributed by atoms with Crippen LogP contribution in [0.2, 0.25) is 5.02 Å². The molecule has 0 aliphatic heterocycles. The Bertz CT molecular complexity index is 611. The van der Waals surface area contributed by atoms with Gasteiger partial charge in [-0.1, -0.05) is 24.6 Å². The van der Waals surface area contributed by atoms with E-state index in [-0.39, 0.29) is 5.02 Å². The number of nitrogens with one attached hydrogen (secondary N) is 1. The lowest BCUT2D eigenvalue weighted by Crippen LogP contribution is -2.23. The Balaban J connectivity index is 2.43. The molecule has 2 aromatic rings. The van der Waals surface area contributed by atoms with Crippen molar-refractivity contribution in [1.82, 2.24) is 5.32 Å². The minimum absolute atomic E-state index is 0.0124. The summed E-state index contributed by atoms with van der Waals surface area (Å²) in [5.41, 5.74) is 0.970. The van der Waals surface area contributed by atoms with Gasteiger partial charge in [-0.3, -0.25) is 0 Å². The van der Waals surface area contributed by atoms with Crippen molar-refractivity contribution in [2.24, 2.45) is 0 Å². The third-order valence-electron chi connectivity index (χ3n) is 3.09.